The van der Waals surface area contributed by atoms with E-state index in [1.54, 1.807) is 0 Å². The Morgan fingerprint density at radius 3 is 2.21 bits per heavy atom. The van der Waals surface area contributed by atoms with E-state index >= 15 is 0 Å². The van der Waals surface area contributed by atoms with Crippen LogP contribution in [-0.4, -0.2) is 11.6 Å². The largest absolute Gasteiger partial charge is 0.456 e. The van der Waals surface area contributed by atoms with Crippen molar-refractivity contribution in [2.75, 3.05) is 0 Å². The first-order chi connectivity index (χ1) is 6.66. The molecule has 0 saturated heterocycles. The Morgan fingerprint density at radius 1 is 1.21 bits per heavy atom. The average molecular weight is 196 g/mol. The first-order valence-corrected chi connectivity index (χ1v) is 5.52. The van der Waals surface area contributed by atoms with Gasteiger partial charge in [-0.1, -0.05) is 25.8 Å². The van der Waals surface area contributed by atoms with Gasteiger partial charge in [-0.2, -0.15) is 0 Å². The van der Waals surface area contributed by atoms with Gasteiger partial charge in [-0.3, -0.25) is 0 Å². The summed E-state index contributed by atoms with van der Waals surface area (Å²) < 4.78 is 5.41. The van der Waals surface area contributed by atoms with Crippen LogP contribution in [0.4, 0.5) is 0 Å². The van der Waals surface area contributed by atoms with Gasteiger partial charge in [-0.15, -0.1) is 0 Å². The van der Waals surface area contributed by atoms with Crippen LogP contribution in [0.5, 0.6) is 0 Å². The Balaban J connectivity index is 2.49. The third kappa shape index (κ3) is 3.52. The second kappa shape index (κ2) is 5.18. The molecule has 0 unspecified atom stereocenters. The fourth-order valence-electron chi connectivity index (χ4n) is 2.04. The monoisotopic (exact) mass is 196 g/mol. The lowest BCUT2D eigenvalue weighted by atomic mass is 9.88. The van der Waals surface area contributed by atoms with Gasteiger partial charge in [0.1, 0.15) is 5.60 Å². The minimum atomic E-state index is -0.284. The first kappa shape index (κ1) is 11.3. The van der Waals surface area contributed by atoms with Crippen LogP contribution < -0.4 is 0 Å². The smallest absolute Gasteiger partial charge is 0.330 e. The van der Waals surface area contributed by atoms with Gasteiger partial charge in [0.25, 0.3) is 0 Å². The van der Waals surface area contributed by atoms with E-state index in [1.807, 2.05) is 6.92 Å². The number of hydrogen-bond acceptors (Lipinski definition) is 2. The molecule has 14 heavy (non-hydrogen) atoms. The van der Waals surface area contributed by atoms with Gasteiger partial charge in [0.15, 0.2) is 0 Å². The molecule has 1 rings (SSSR count). The van der Waals surface area contributed by atoms with Crippen molar-refractivity contribution in [3.05, 3.63) is 12.7 Å². The maximum Gasteiger partial charge on any atom is 0.330 e. The highest BCUT2D eigenvalue weighted by molar-refractivity contribution is 5.81. The molecule has 0 heterocycles. The maximum absolute atomic E-state index is 11.1. The molecule has 0 bridgehead atoms. The highest BCUT2D eigenvalue weighted by atomic mass is 16.6. The molecular formula is C12H20O2. The molecule has 1 fully saturated rings. The van der Waals surface area contributed by atoms with Crippen molar-refractivity contribution in [3.63, 3.8) is 0 Å². The van der Waals surface area contributed by atoms with E-state index < -0.39 is 0 Å². The lowest BCUT2D eigenvalue weighted by Gasteiger charge is -2.30. The van der Waals surface area contributed by atoms with Gasteiger partial charge in [-0.05, 0) is 32.6 Å². The number of esters is 1. The summed E-state index contributed by atoms with van der Waals surface area (Å²) in [4.78, 5) is 11.1. The maximum atomic E-state index is 11.1. The molecule has 0 aromatic carbocycles. The molecule has 1 aliphatic rings. The predicted molar refractivity (Wildman–Crippen MR) is 57.0 cm³/mol. The number of carbonyl (C=O) groups excluding carboxylic acids is 1. The standard InChI is InChI=1S/C12H20O2/c1-3-11(13)14-12(2)9-7-5-4-6-8-10-12/h3H,1,4-10H2,2H3. The van der Waals surface area contributed by atoms with Gasteiger partial charge < -0.3 is 4.74 Å². The lowest BCUT2D eigenvalue weighted by Crippen LogP contribution is -2.31. The number of hydrogen-bond donors (Lipinski definition) is 0. The summed E-state index contributed by atoms with van der Waals surface area (Å²) in [5.41, 5.74) is -0.244. The van der Waals surface area contributed by atoms with Crippen LogP contribution in [0.3, 0.4) is 0 Å². The van der Waals surface area contributed by atoms with Gasteiger partial charge in [-0.25, -0.2) is 4.79 Å². The summed E-state index contributed by atoms with van der Waals surface area (Å²) >= 11 is 0. The molecule has 0 radical (unpaired) electrons. The summed E-state index contributed by atoms with van der Waals surface area (Å²) in [6.07, 6.45) is 9.43. The Labute approximate surface area is 86.3 Å². The van der Waals surface area contributed by atoms with Gasteiger partial charge in [0, 0.05) is 6.08 Å². The second-order valence-electron chi connectivity index (χ2n) is 4.34. The number of ether oxygens (including phenoxy) is 1. The zero-order chi connectivity index (χ0) is 10.4. The lowest BCUT2D eigenvalue weighted by molar-refractivity contribution is -0.153. The van der Waals surface area contributed by atoms with E-state index in [9.17, 15) is 4.79 Å². The van der Waals surface area contributed by atoms with Crippen LogP contribution in [0, 0.1) is 0 Å². The van der Waals surface area contributed by atoms with Crippen LogP contribution in [0.25, 0.3) is 0 Å². The minimum absolute atomic E-state index is 0.244. The highest BCUT2D eigenvalue weighted by Crippen LogP contribution is 2.29. The van der Waals surface area contributed by atoms with Crippen molar-refractivity contribution < 1.29 is 9.53 Å². The van der Waals surface area contributed by atoms with Crippen molar-refractivity contribution in [1.82, 2.24) is 0 Å². The van der Waals surface area contributed by atoms with E-state index in [-0.39, 0.29) is 11.6 Å². The Morgan fingerprint density at radius 2 is 1.71 bits per heavy atom. The Bertz CT molecular complexity index is 200. The van der Waals surface area contributed by atoms with Crippen LogP contribution in [0.15, 0.2) is 12.7 Å². The fourth-order valence-corrected chi connectivity index (χ4v) is 2.04. The van der Waals surface area contributed by atoms with E-state index in [0.717, 1.165) is 12.8 Å². The van der Waals surface area contributed by atoms with Crippen molar-refractivity contribution in [3.8, 4) is 0 Å². The molecule has 1 aliphatic carbocycles. The summed E-state index contributed by atoms with van der Waals surface area (Å²) in [7, 11) is 0. The topological polar surface area (TPSA) is 26.3 Å². The third-order valence-corrected chi connectivity index (χ3v) is 2.92. The molecule has 0 spiro atoms. The number of rotatable bonds is 2. The van der Waals surface area contributed by atoms with Crippen LogP contribution in [0.2, 0.25) is 0 Å². The molecule has 0 atom stereocenters. The SMILES string of the molecule is C=CC(=O)OC1(C)CCCCCCC1. The minimum Gasteiger partial charge on any atom is -0.456 e. The van der Waals surface area contributed by atoms with Crippen molar-refractivity contribution >= 4 is 5.97 Å². The zero-order valence-corrected chi connectivity index (χ0v) is 9.05. The van der Waals surface area contributed by atoms with E-state index in [2.05, 4.69) is 6.58 Å². The molecule has 2 nitrogen and oxygen atoms in total. The Kier molecular flexibility index (Phi) is 4.18. The third-order valence-electron chi connectivity index (χ3n) is 2.92. The van der Waals surface area contributed by atoms with Crippen LogP contribution in [-0.2, 0) is 9.53 Å². The van der Waals surface area contributed by atoms with E-state index in [4.69, 9.17) is 4.74 Å². The predicted octanol–water partition coefficient (Wildman–Crippen LogP) is 3.22. The molecule has 0 N–H and O–H groups in total. The summed E-state index contributed by atoms with van der Waals surface area (Å²) in [5, 5.41) is 0. The summed E-state index contributed by atoms with van der Waals surface area (Å²) in [5.74, 6) is -0.284. The Hall–Kier alpha value is -0.790. The zero-order valence-electron chi connectivity index (χ0n) is 9.05. The molecule has 0 aliphatic heterocycles. The molecular weight excluding hydrogens is 176 g/mol. The van der Waals surface area contributed by atoms with Crippen molar-refractivity contribution in [2.45, 2.75) is 57.5 Å². The second-order valence-corrected chi connectivity index (χ2v) is 4.34. The van der Waals surface area contributed by atoms with Crippen LogP contribution in [0.1, 0.15) is 51.9 Å². The number of carbonyl (C=O) groups is 1. The molecule has 0 amide bonds. The van der Waals surface area contributed by atoms with E-state index in [1.165, 1.54) is 38.2 Å². The van der Waals surface area contributed by atoms with Crippen LogP contribution >= 0.6 is 0 Å². The normalized spacial score (nSPS) is 21.8. The molecule has 80 valence electrons. The quantitative estimate of drug-likeness (QED) is 0.500. The van der Waals surface area contributed by atoms with Crippen molar-refractivity contribution in [2.24, 2.45) is 0 Å². The molecule has 2 heteroatoms. The summed E-state index contributed by atoms with van der Waals surface area (Å²) in [6.45, 7) is 5.47. The highest BCUT2D eigenvalue weighted by Gasteiger charge is 2.27. The van der Waals surface area contributed by atoms with Gasteiger partial charge in [0.05, 0.1) is 0 Å². The van der Waals surface area contributed by atoms with Gasteiger partial charge >= 0.3 is 5.97 Å². The van der Waals surface area contributed by atoms with Crippen molar-refractivity contribution in [1.29, 1.82) is 0 Å². The molecule has 0 aromatic rings. The fraction of sp³-hybridized carbons (Fsp3) is 0.750. The molecule has 1 saturated carbocycles. The average Bonchev–Trinajstić information content (AvgIpc) is 2.12. The van der Waals surface area contributed by atoms with Gasteiger partial charge in [0.2, 0.25) is 0 Å². The molecule has 0 aromatic heterocycles. The summed E-state index contributed by atoms with van der Waals surface area (Å²) in [6, 6.07) is 0. The van der Waals surface area contributed by atoms with E-state index in [0.29, 0.717) is 0 Å². The first-order valence-electron chi connectivity index (χ1n) is 5.52.